The first-order valence-electron chi connectivity index (χ1n) is 6.33. The molecule has 92 valence electrons. The lowest BCUT2D eigenvalue weighted by Crippen LogP contribution is -2.22. The molecule has 2 heterocycles. The van der Waals surface area contributed by atoms with Crippen LogP contribution in [0.1, 0.15) is 36.0 Å². The van der Waals surface area contributed by atoms with Crippen molar-refractivity contribution < 1.29 is 14.2 Å². The molecule has 17 heavy (non-hydrogen) atoms. The average Bonchev–Trinajstić information content (AvgIpc) is 2.85. The maximum Gasteiger partial charge on any atom is 0.158 e. The van der Waals surface area contributed by atoms with Gasteiger partial charge in [-0.2, -0.15) is 0 Å². The number of ether oxygens (including phenoxy) is 3. The Morgan fingerprint density at radius 1 is 1.18 bits per heavy atom. The van der Waals surface area contributed by atoms with Gasteiger partial charge in [0.1, 0.15) is 0 Å². The number of hydrogen-bond donors (Lipinski definition) is 0. The SMILES string of the molecule is c1cc2c(cc1COC1CCCCO1)COC2. The molecule has 3 nitrogen and oxygen atoms in total. The second-order valence-corrected chi connectivity index (χ2v) is 4.70. The Morgan fingerprint density at radius 3 is 3.00 bits per heavy atom. The Balaban J connectivity index is 1.57. The van der Waals surface area contributed by atoms with Crippen LogP contribution >= 0.6 is 0 Å². The van der Waals surface area contributed by atoms with Gasteiger partial charge in [0.25, 0.3) is 0 Å². The summed E-state index contributed by atoms with van der Waals surface area (Å²) in [6.07, 6.45) is 3.39. The Labute approximate surface area is 102 Å². The van der Waals surface area contributed by atoms with Crippen molar-refractivity contribution in [1.29, 1.82) is 0 Å². The van der Waals surface area contributed by atoms with Crippen molar-refractivity contribution in [2.24, 2.45) is 0 Å². The monoisotopic (exact) mass is 234 g/mol. The van der Waals surface area contributed by atoms with Gasteiger partial charge >= 0.3 is 0 Å². The summed E-state index contributed by atoms with van der Waals surface area (Å²) in [6, 6.07) is 6.45. The van der Waals surface area contributed by atoms with Crippen LogP contribution in [0.3, 0.4) is 0 Å². The predicted molar refractivity (Wildman–Crippen MR) is 63.3 cm³/mol. The van der Waals surface area contributed by atoms with Gasteiger partial charge in [-0.25, -0.2) is 0 Å². The minimum absolute atomic E-state index is 0.00625. The summed E-state index contributed by atoms with van der Waals surface area (Å²) in [5.41, 5.74) is 3.82. The Morgan fingerprint density at radius 2 is 2.12 bits per heavy atom. The molecule has 0 aromatic heterocycles. The molecule has 1 saturated heterocycles. The highest BCUT2D eigenvalue weighted by molar-refractivity contribution is 5.32. The molecule has 0 bridgehead atoms. The predicted octanol–water partition coefficient (Wildman–Crippen LogP) is 2.76. The molecule has 1 unspecified atom stereocenters. The summed E-state index contributed by atoms with van der Waals surface area (Å²) < 4.78 is 16.7. The van der Waals surface area contributed by atoms with E-state index in [-0.39, 0.29) is 6.29 Å². The van der Waals surface area contributed by atoms with Gasteiger partial charge in [-0.1, -0.05) is 18.2 Å². The largest absolute Gasteiger partial charge is 0.372 e. The third-order valence-corrected chi connectivity index (χ3v) is 3.36. The molecular formula is C14H18O3. The average molecular weight is 234 g/mol. The van der Waals surface area contributed by atoms with E-state index in [1.165, 1.54) is 23.1 Å². The van der Waals surface area contributed by atoms with E-state index in [0.29, 0.717) is 6.61 Å². The van der Waals surface area contributed by atoms with E-state index < -0.39 is 0 Å². The summed E-state index contributed by atoms with van der Waals surface area (Å²) in [6.45, 7) is 2.96. The van der Waals surface area contributed by atoms with E-state index in [2.05, 4.69) is 18.2 Å². The second kappa shape index (κ2) is 5.17. The first-order valence-corrected chi connectivity index (χ1v) is 6.33. The molecule has 2 aliphatic heterocycles. The normalized spacial score (nSPS) is 23.6. The second-order valence-electron chi connectivity index (χ2n) is 4.70. The minimum atomic E-state index is -0.00625. The van der Waals surface area contributed by atoms with E-state index in [1.54, 1.807) is 0 Å². The lowest BCUT2D eigenvalue weighted by Gasteiger charge is -2.22. The third kappa shape index (κ3) is 2.68. The Kier molecular flexibility index (Phi) is 3.41. The zero-order chi connectivity index (χ0) is 11.5. The van der Waals surface area contributed by atoms with E-state index in [9.17, 15) is 0 Å². The molecular weight excluding hydrogens is 216 g/mol. The van der Waals surface area contributed by atoms with Gasteiger partial charge in [0.15, 0.2) is 6.29 Å². The zero-order valence-corrected chi connectivity index (χ0v) is 9.98. The molecule has 1 atom stereocenters. The van der Waals surface area contributed by atoms with Crippen LogP contribution in [-0.2, 0) is 34.0 Å². The maximum atomic E-state index is 5.77. The van der Waals surface area contributed by atoms with Crippen LogP contribution in [0.5, 0.6) is 0 Å². The van der Waals surface area contributed by atoms with Crippen molar-refractivity contribution in [3.63, 3.8) is 0 Å². The number of fused-ring (bicyclic) bond motifs is 1. The third-order valence-electron chi connectivity index (χ3n) is 3.36. The minimum Gasteiger partial charge on any atom is -0.372 e. The van der Waals surface area contributed by atoms with Crippen molar-refractivity contribution in [3.05, 3.63) is 34.9 Å². The van der Waals surface area contributed by atoms with Crippen molar-refractivity contribution in [3.8, 4) is 0 Å². The van der Waals surface area contributed by atoms with Crippen LogP contribution in [0, 0.1) is 0 Å². The van der Waals surface area contributed by atoms with Crippen molar-refractivity contribution >= 4 is 0 Å². The van der Waals surface area contributed by atoms with Gasteiger partial charge in [0.2, 0.25) is 0 Å². The quantitative estimate of drug-likeness (QED) is 0.805. The summed E-state index contributed by atoms with van der Waals surface area (Å²) in [7, 11) is 0. The molecule has 1 aromatic carbocycles. The highest BCUT2D eigenvalue weighted by Crippen LogP contribution is 2.22. The molecule has 3 rings (SSSR count). The molecule has 2 aliphatic rings. The maximum absolute atomic E-state index is 5.77. The standard InChI is InChI=1S/C14H18O3/c1-2-6-16-14(3-1)17-8-11-4-5-12-9-15-10-13(12)7-11/h4-5,7,14H,1-3,6,8-10H2. The topological polar surface area (TPSA) is 27.7 Å². The molecule has 0 spiro atoms. The van der Waals surface area contributed by atoms with Gasteiger partial charge in [-0.3, -0.25) is 0 Å². The highest BCUT2D eigenvalue weighted by atomic mass is 16.7. The summed E-state index contributed by atoms with van der Waals surface area (Å²) >= 11 is 0. The van der Waals surface area contributed by atoms with E-state index >= 15 is 0 Å². The van der Waals surface area contributed by atoms with Gasteiger partial charge in [0.05, 0.1) is 19.8 Å². The molecule has 0 aliphatic carbocycles. The fourth-order valence-corrected chi connectivity index (χ4v) is 2.35. The molecule has 0 saturated carbocycles. The van der Waals surface area contributed by atoms with Crippen molar-refractivity contribution in [1.82, 2.24) is 0 Å². The van der Waals surface area contributed by atoms with Crippen molar-refractivity contribution in [2.75, 3.05) is 6.61 Å². The summed E-state index contributed by atoms with van der Waals surface area (Å²) in [5, 5.41) is 0. The lowest BCUT2D eigenvalue weighted by atomic mass is 10.1. The van der Waals surface area contributed by atoms with Gasteiger partial charge in [-0.05, 0) is 36.0 Å². The molecule has 1 fully saturated rings. The van der Waals surface area contributed by atoms with Crippen LogP contribution in [0.15, 0.2) is 18.2 Å². The van der Waals surface area contributed by atoms with E-state index in [1.807, 2.05) is 0 Å². The van der Waals surface area contributed by atoms with Crippen LogP contribution in [-0.4, -0.2) is 12.9 Å². The lowest BCUT2D eigenvalue weighted by molar-refractivity contribution is -0.168. The van der Waals surface area contributed by atoms with E-state index in [4.69, 9.17) is 14.2 Å². The van der Waals surface area contributed by atoms with Gasteiger partial charge < -0.3 is 14.2 Å². The van der Waals surface area contributed by atoms with Gasteiger partial charge in [0, 0.05) is 6.61 Å². The Hall–Kier alpha value is -0.900. The molecule has 0 amide bonds. The number of hydrogen-bond acceptors (Lipinski definition) is 3. The first-order chi connectivity index (χ1) is 8.42. The van der Waals surface area contributed by atoms with Crippen LogP contribution in [0.2, 0.25) is 0 Å². The molecule has 0 N–H and O–H groups in total. The molecule has 0 radical (unpaired) electrons. The summed E-state index contributed by atoms with van der Waals surface area (Å²) in [4.78, 5) is 0. The summed E-state index contributed by atoms with van der Waals surface area (Å²) in [5.74, 6) is 0. The van der Waals surface area contributed by atoms with Crippen LogP contribution < -0.4 is 0 Å². The smallest absolute Gasteiger partial charge is 0.158 e. The number of rotatable bonds is 3. The molecule has 1 aromatic rings. The number of benzene rings is 1. The zero-order valence-electron chi connectivity index (χ0n) is 9.98. The van der Waals surface area contributed by atoms with E-state index in [0.717, 1.165) is 32.7 Å². The van der Waals surface area contributed by atoms with Gasteiger partial charge in [-0.15, -0.1) is 0 Å². The fraction of sp³-hybridized carbons (Fsp3) is 0.571. The highest BCUT2D eigenvalue weighted by Gasteiger charge is 2.15. The fourth-order valence-electron chi connectivity index (χ4n) is 2.35. The first kappa shape index (κ1) is 11.2. The van der Waals surface area contributed by atoms with Crippen molar-refractivity contribution in [2.45, 2.75) is 45.4 Å². The van der Waals surface area contributed by atoms with Crippen LogP contribution in [0.4, 0.5) is 0 Å². The Bertz CT molecular complexity index is 383. The van der Waals surface area contributed by atoms with Crippen LogP contribution in [0.25, 0.3) is 0 Å². The molecule has 3 heteroatoms.